The molecule has 0 aromatic carbocycles. The first-order chi connectivity index (χ1) is 6.43. The predicted octanol–water partition coefficient (Wildman–Crippen LogP) is 2.12. The first kappa shape index (κ1) is 11.2. The Balaban J connectivity index is 2.69. The molecule has 0 spiro atoms. The number of hydrogen-bond donors (Lipinski definition) is 1. The van der Waals surface area contributed by atoms with Crippen LogP contribution in [0.15, 0.2) is 10.6 Å². The largest absolute Gasteiger partial charge is 0.445 e. The summed E-state index contributed by atoms with van der Waals surface area (Å²) in [5.41, 5.74) is 0.00112. The van der Waals surface area contributed by atoms with E-state index in [0.29, 0.717) is 6.04 Å². The topological polar surface area (TPSA) is 38.1 Å². The molecule has 3 heteroatoms. The third kappa shape index (κ3) is 2.84. The minimum absolute atomic E-state index is 0.00112. The van der Waals surface area contributed by atoms with Gasteiger partial charge in [-0.1, -0.05) is 20.8 Å². The van der Waals surface area contributed by atoms with Gasteiger partial charge in [0, 0.05) is 17.9 Å². The van der Waals surface area contributed by atoms with Crippen LogP contribution in [-0.4, -0.2) is 18.1 Å². The van der Waals surface area contributed by atoms with Gasteiger partial charge in [-0.2, -0.15) is 0 Å². The zero-order chi connectivity index (χ0) is 10.8. The maximum absolute atomic E-state index is 5.67. The van der Waals surface area contributed by atoms with Crippen molar-refractivity contribution in [3.8, 4) is 0 Å². The molecule has 1 aromatic heterocycles. The summed E-state index contributed by atoms with van der Waals surface area (Å²) in [6.07, 6.45) is 2.72. The van der Waals surface area contributed by atoms with E-state index in [-0.39, 0.29) is 5.41 Å². The van der Waals surface area contributed by atoms with Crippen LogP contribution in [0.3, 0.4) is 0 Å². The third-order valence-electron chi connectivity index (χ3n) is 2.20. The lowest BCUT2D eigenvalue weighted by Gasteiger charge is -2.12. The maximum Gasteiger partial charge on any atom is 0.199 e. The summed E-state index contributed by atoms with van der Waals surface area (Å²) in [5.74, 6) is 1.77. The average Bonchev–Trinajstić information content (AvgIpc) is 2.51. The minimum Gasteiger partial charge on any atom is -0.445 e. The number of aromatic nitrogens is 1. The van der Waals surface area contributed by atoms with Crippen molar-refractivity contribution < 1.29 is 4.42 Å². The quantitative estimate of drug-likeness (QED) is 0.804. The standard InChI is InChI=1S/C11H20N2O/c1-8(12-5)6-9-7-13-10(14-9)11(2,3)4/h7-8,12H,6H2,1-5H3. The van der Waals surface area contributed by atoms with E-state index >= 15 is 0 Å². The van der Waals surface area contributed by atoms with Crippen LogP contribution in [-0.2, 0) is 11.8 Å². The van der Waals surface area contributed by atoms with Crippen molar-refractivity contribution in [3.05, 3.63) is 17.8 Å². The molecule has 0 aliphatic rings. The Morgan fingerprint density at radius 2 is 2.14 bits per heavy atom. The van der Waals surface area contributed by atoms with E-state index in [9.17, 15) is 0 Å². The summed E-state index contributed by atoms with van der Waals surface area (Å²) in [7, 11) is 1.95. The normalized spacial score (nSPS) is 14.4. The summed E-state index contributed by atoms with van der Waals surface area (Å²) >= 11 is 0. The molecule has 1 rings (SSSR count). The molecule has 1 N–H and O–H groups in total. The zero-order valence-corrected chi connectivity index (χ0v) is 9.72. The highest BCUT2D eigenvalue weighted by Crippen LogP contribution is 2.21. The second-order valence-corrected chi connectivity index (χ2v) is 4.78. The van der Waals surface area contributed by atoms with Crippen molar-refractivity contribution in [1.29, 1.82) is 0 Å². The van der Waals surface area contributed by atoms with Crippen molar-refractivity contribution in [2.24, 2.45) is 0 Å². The van der Waals surface area contributed by atoms with Crippen LogP contribution in [0.4, 0.5) is 0 Å². The molecular weight excluding hydrogens is 176 g/mol. The van der Waals surface area contributed by atoms with Gasteiger partial charge in [0.2, 0.25) is 0 Å². The molecule has 0 saturated carbocycles. The van der Waals surface area contributed by atoms with E-state index in [1.165, 1.54) is 0 Å². The number of nitrogens with zero attached hydrogens (tertiary/aromatic N) is 1. The molecule has 0 aliphatic carbocycles. The van der Waals surface area contributed by atoms with Crippen LogP contribution in [0.25, 0.3) is 0 Å². The molecule has 1 unspecified atom stereocenters. The highest BCUT2D eigenvalue weighted by molar-refractivity contribution is 5.03. The van der Waals surface area contributed by atoms with Crippen molar-refractivity contribution in [2.75, 3.05) is 7.05 Å². The van der Waals surface area contributed by atoms with E-state index in [0.717, 1.165) is 18.1 Å². The third-order valence-corrected chi connectivity index (χ3v) is 2.20. The lowest BCUT2D eigenvalue weighted by Crippen LogP contribution is -2.23. The smallest absolute Gasteiger partial charge is 0.199 e. The fraction of sp³-hybridized carbons (Fsp3) is 0.727. The van der Waals surface area contributed by atoms with E-state index in [2.05, 4.69) is 38.0 Å². The number of rotatable bonds is 3. The molecule has 1 heterocycles. The highest BCUT2D eigenvalue weighted by atomic mass is 16.4. The van der Waals surface area contributed by atoms with Crippen LogP contribution in [0, 0.1) is 0 Å². The highest BCUT2D eigenvalue weighted by Gasteiger charge is 2.20. The summed E-state index contributed by atoms with van der Waals surface area (Å²) in [5, 5.41) is 3.17. The van der Waals surface area contributed by atoms with Crippen LogP contribution in [0.5, 0.6) is 0 Å². The minimum atomic E-state index is 0.00112. The molecule has 80 valence electrons. The SMILES string of the molecule is CNC(C)Cc1cnc(C(C)(C)C)o1. The first-order valence-corrected chi connectivity index (χ1v) is 5.06. The Morgan fingerprint density at radius 1 is 1.50 bits per heavy atom. The second-order valence-electron chi connectivity index (χ2n) is 4.78. The molecule has 1 aromatic rings. The number of oxazole rings is 1. The Kier molecular flexibility index (Phi) is 3.32. The van der Waals surface area contributed by atoms with Gasteiger partial charge in [-0.25, -0.2) is 4.98 Å². The van der Waals surface area contributed by atoms with Gasteiger partial charge in [0.1, 0.15) is 5.76 Å². The molecule has 3 nitrogen and oxygen atoms in total. The first-order valence-electron chi connectivity index (χ1n) is 5.06. The molecular formula is C11H20N2O. The number of nitrogens with one attached hydrogen (secondary N) is 1. The molecule has 0 radical (unpaired) electrons. The lowest BCUT2D eigenvalue weighted by atomic mass is 9.97. The van der Waals surface area contributed by atoms with Gasteiger partial charge in [-0.05, 0) is 14.0 Å². The van der Waals surface area contributed by atoms with Crippen LogP contribution in [0.2, 0.25) is 0 Å². The Labute approximate surface area is 85.9 Å². The fourth-order valence-corrected chi connectivity index (χ4v) is 1.15. The monoisotopic (exact) mass is 196 g/mol. The molecule has 14 heavy (non-hydrogen) atoms. The Hall–Kier alpha value is -0.830. The van der Waals surface area contributed by atoms with Gasteiger partial charge < -0.3 is 9.73 Å². The van der Waals surface area contributed by atoms with Gasteiger partial charge in [-0.3, -0.25) is 0 Å². The Morgan fingerprint density at radius 3 is 2.57 bits per heavy atom. The van der Waals surface area contributed by atoms with Crippen molar-refractivity contribution in [1.82, 2.24) is 10.3 Å². The average molecular weight is 196 g/mol. The number of likely N-dealkylation sites (N-methyl/N-ethyl adjacent to an activating group) is 1. The van der Waals surface area contributed by atoms with Crippen LogP contribution >= 0.6 is 0 Å². The van der Waals surface area contributed by atoms with Crippen LogP contribution < -0.4 is 5.32 Å². The summed E-state index contributed by atoms with van der Waals surface area (Å²) < 4.78 is 5.67. The van der Waals surface area contributed by atoms with Gasteiger partial charge in [0.15, 0.2) is 5.89 Å². The Bertz CT molecular complexity index is 286. The van der Waals surface area contributed by atoms with E-state index < -0.39 is 0 Å². The van der Waals surface area contributed by atoms with E-state index in [1.807, 2.05) is 13.2 Å². The predicted molar refractivity (Wildman–Crippen MR) is 57.4 cm³/mol. The summed E-state index contributed by atoms with van der Waals surface area (Å²) in [4.78, 5) is 4.28. The lowest BCUT2D eigenvalue weighted by molar-refractivity contribution is 0.365. The van der Waals surface area contributed by atoms with Gasteiger partial charge >= 0.3 is 0 Å². The molecule has 0 bridgehead atoms. The summed E-state index contributed by atoms with van der Waals surface area (Å²) in [6, 6.07) is 0.427. The van der Waals surface area contributed by atoms with Crippen molar-refractivity contribution in [2.45, 2.75) is 45.6 Å². The maximum atomic E-state index is 5.67. The molecule has 0 saturated heterocycles. The molecule has 1 atom stereocenters. The summed E-state index contributed by atoms with van der Waals surface area (Å²) in [6.45, 7) is 8.43. The van der Waals surface area contributed by atoms with Gasteiger partial charge in [-0.15, -0.1) is 0 Å². The van der Waals surface area contributed by atoms with E-state index in [4.69, 9.17) is 4.42 Å². The second kappa shape index (κ2) is 4.13. The molecule has 0 amide bonds. The van der Waals surface area contributed by atoms with Gasteiger partial charge in [0.25, 0.3) is 0 Å². The van der Waals surface area contributed by atoms with Crippen LogP contribution in [0.1, 0.15) is 39.3 Å². The van der Waals surface area contributed by atoms with Crippen molar-refractivity contribution >= 4 is 0 Å². The van der Waals surface area contributed by atoms with Gasteiger partial charge in [0.05, 0.1) is 6.20 Å². The fourth-order valence-electron chi connectivity index (χ4n) is 1.15. The molecule has 0 aliphatic heterocycles. The molecule has 0 fully saturated rings. The van der Waals surface area contributed by atoms with E-state index in [1.54, 1.807) is 0 Å². The van der Waals surface area contributed by atoms with Crippen molar-refractivity contribution in [3.63, 3.8) is 0 Å². The zero-order valence-electron chi connectivity index (χ0n) is 9.72. The number of hydrogen-bond acceptors (Lipinski definition) is 3.